The molecule has 3 nitrogen and oxygen atoms in total. The van der Waals surface area contributed by atoms with E-state index in [1.54, 1.807) is 0 Å². The largest absolute Gasteiger partial charge is 0.493 e. The third-order valence-corrected chi connectivity index (χ3v) is 2.65. The fraction of sp³-hybridized carbons (Fsp3) is 0.364. The molecule has 0 aliphatic heterocycles. The summed E-state index contributed by atoms with van der Waals surface area (Å²) < 4.78 is 18.2. The lowest BCUT2D eigenvalue weighted by Crippen LogP contribution is -2.13. The van der Waals surface area contributed by atoms with E-state index in [-0.39, 0.29) is 12.2 Å². The summed E-state index contributed by atoms with van der Waals surface area (Å²) in [5, 5.41) is 9.10. The van der Waals surface area contributed by atoms with Crippen LogP contribution < -0.4 is 4.74 Å². The summed E-state index contributed by atoms with van der Waals surface area (Å²) in [6, 6.07) is 2.58. The van der Waals surface area contributed by atoms with Crippen LogP contribution in [-0.4, -0.2) is 18.2 Å². The summed E-state index contributed by atoms with van der Waals surface area (Å²) in [6.07, 6.45) is 0.134. The van der Waals surface area contributed by atoms with Crippen LogP contribution in [0.4, 0.5) is 4.39 Å². The molecule has 5 heteroatoms. The second kappa shape index (κ2) is 5.16. The number of hydrogen-bond acceptors (Lipinski definition) is 2. The Kier molecular flexibility index (Phi) is 4.12. The molecule has 0 heterocycles. The van der Waals surface area contributed by atoms with Crippen LogP contribution in [0.3, 0.4) is 0 Å². The number of hydrogen-bond donors (Lipinski definition) is 1. The van der Waals surface area contributed by atoms with Crippen molar-refractivity contribution in [2.24, 2.45) is 5.92 Å². The summed E-state index contributed by atoms with van der Waals surface area (Å²) in [6.45, 7) is 1.53. The van der Waals surface area contributed by atoms with E-state index < -0.39 is 17.7 Å². The Hall–Kier alpha value is -1.29. The van der Waals surface area contributed by atoms with E-state index in [4.69, 9.17) is 21.4 Å². The van der Waals surface area contributed by atoms with E-state index in [0.29, 0.717) is 10.6 Å². The highest BCUT2D eigenvalue weighted by molar-refractivity contribution is 6.31. The maximum Gasteiger partial charge on any atom is 0.306 e. The van der Waals surface area contributed by atoms with Gasteiger partial charge < -0.3 is 9.84 Å². The molecule has 16 heavy (non-hydrogen) atoms. The molecule has 1 rings (SSSR count). The van der Waals surface area contributed by atoms with Crippen molar-refractivity contribution < 1.29 is 19.0 Å². The maximum absolute atomic E-state index is 13.4. The van der Waals surface area contributed by atoms with E-state index in [1.165, 1.54) is 26.2 Å². The number of carboxylic acids is 1. The van der Waals surface area contributed by atoms with Crippen LogP contribution >= 0.6 is 11.6 Å². The van der Waals surface area contributed by atoms with Crippen LogP contribution in [0.25, 0.3) is 0 Å². The second-order valence-electron chi connectivity index (χ2n) is 3.48. The van der Waals surface area contributed by atoms with Gasteiger partial charge in [0.15, 0.2) is 11.6 Å². The zero-order valence-corrected chi connectivity index (χ0v) is 9.71. The minimum absolute atomic E-state index is 0.0144. The van der Waals surface area contributed by atoms with Crippen LogP contribution in [0.2, 0.25) is 5.02 Å². The normalized spacial score (nSPS) is 12.2. The zero-order valence-electron chi connectivity index (χ0n) is 8.96. The van der Waals surface area contributed by atoms with Crippen LogP contribution in [0, 0.1) is 11.7 Å². The number of methoxy groups -OCH3 is 1. The third-order valence-electron chi connectivity index (χ3n) is 2.29. The standard InChI is InChI=1S/C11H12ClFO3/c1-6(11(14)15)5-7-8(12)3-4-9(13)10(7)16-2/h3-4,6H,5H2,1-2H3,(H,14,15). The lowest BCUT2D eigenvalue weighted by molar-refractivity contribution is -0.141. The molecule has 1 atom stereocenters. The van der Waals surface area contributed by atoms with E-state index >= 15 is 0 Å². The Labute approximate surface area is 97.8 Å². The number of benzene rings is 1. The molecule has 1 aromatic rings. The molecular weight excluding hydrogens is 235 g/mol. The molecule has 0 aliphatic rings. The van der Waals surface area contributed by atoms with Gasteiger partial charge in [-0.1, -0.05) is 18.5 Å². The van der Waals surface area contributed by atoms with Gasteiger partial charge in [-0.3, -0.25) is 4.79 Å². The highest BCUT2D eigenvalue weighted by Crippen LogP contribution is 2.31. The van der Waals surface area contributed by atoms with Gasteiger partial charge >= 0.3 is 5.97 Å². The number of carbonyl (C=O) groups is 1. The van der Waals surface area contributed by atoms with Crippen molar-refractivity contribution in [1.29, 1.82) is 0 Å². The summed E-state index contributed by atoms with van der Waals surface area (Å²) in [5.74, 6) is -2.13. The highest BCUT2D eigenvalue weighted by atomic mass is 35.5. The molecule has 0 fully saturated rings. The number of rotatable bonds is 4. The molecule has 0 saturated heterocycles. The summed E-state index contributed by atoms with van der Waals surface area (Å²) in [5.41, 5.74) is 0.388. The fourth-order valence-corrected chi connectivity index (χ4v) is 1.61. The Morgan fingerprint density at radius 3 is 2.75 bits per heavy atom. The molecule has 0 radical (unpaired) electrons. The first kappa shape index (κ1) is 12.8. The van der Waals surface area contributed by atoms with Gasteiger partial charge in [-0.25, -0.2) is 4.39 Å². The number of aliphatic carboxylic acids is 1. The Morgan fingerprint density at radius 2 is 2.25 bits per heavy atom. The van der Waals surface area contributed by atoms with Gasteiger partial charge in [-0.15, -0.1) is 0 Å². The van der Waals surface area contributed by atoms with Gasteiger partial charge in [0.05, 0.1) is 13.0 Å². The molecule has 0 spiro atoms. The molecule has 0 aliphatic carbocycles. The predicted octanol–water partition coefficient (Wildman–Crippen LogP) is 2.75. The fourth-order valence-electron chi connectivity index (χ4n) is 1.38. The lowest BCUT2D eigenvalue weighted by Gasteiger charge is -2.13. The average Bonchev–Trinajstić information content (AvgIpc) is 2.23. The summed E-state index contributed by atoms with van der Waals surface area (Å²) >= 11 is 5.89. The molecule has 1 aromatic carbocycles. The molecule has 88 valence electrons. The number of ether oxygens (including phenoxy) is 1. The van der Waals surface area contributed by atoms with Crippen LogP contribution in [0.1, 0.15) is 12.5 Å². The van der Waals surface area contributed by atoms with Crippen molar-refractivity contribution in [2.75, 3.05) is 7.11 Å². The quantitative estimate of drug-likeness (QED) is 0.889. The van der Waals surface area contributed by atoms with E-state index in [2.05, 4.69) is 0 Å². The average molecular weight is 247 g/mol. The van der Waals surface area contributed by atoms with Crippen LogP contribution in [0.5, 0.6) is 5.75 Å². The van der Waals surface area contributed by atoms with E-state index in [1.807, 2.05) is 0 Å². The number of halogens is 2. The van der Waals surface area contributed by atoms with Crippen molar-refractivity contribution in [3.63, 3.8) is 0 Å². The minimum Gasteiger partial charge on any atom is -0.493 e. The predicted molar refractivity (Wildman–Crippen MR) is 58.5 cm³/mol. The monoisotopic (exact) mass is 246 g/mol. The molecule has 1 N–H and O–H groups in total. The van der Waals surface area contributed by atoms with Crippen molar-refractivity contribution in [2.45, 2.75) is 13.3 Å². The Morgan fingerprint density at radius 1 is 1.62 bits per heavy atom. The van der Waals surface area contributed by atoms with Crippen molar-refractivity contribution >= 4 is 17.6 Å². The number of carboxylic acid groups (broad SMARTS) is 1. The lowest BCUT2D eigenvalue weighted by atomic mass is 10.0. The Bertz CT molecular complexity index is 406. The first-order valence-electron chi connectivity index (χ1n) is 4.71. The second-order valence-corrected chi connectivity index (χ2v) is 3.89. The van der Waals surface area contributed by atoms with Crippen molar-refractivity contribution in [3.8, 4) is 5.75 Å². The van der Waals surface area contributed by atoms with Gasteiger partial charge in [0.1, 0.15) is 0 Å². The van der Waals surface area contributed by atoms with E-state index in [9.17, 15) is 9.18 Å². The van der Waals surface area contributed by atoms with Gasteiger partial charge in [0.2, 0.25) is 0 Å². The highest BCUT2D eigenvalue weighted by Gasteiger charge is 2.19. The van der Waals surface area contributed by atoms with Crippen molar-refractivity contribution in [1.82, 2.24) is 0 Å². The molecule has 0 amide bonds. The molecular formula is C11H12ClFO3. The smallest absolute Gasteiger partial charge is 0.306 e. The third kappa shape index (κ3) is 2.64. The van der Waals surface area contributed by atoms with Gasteiger partial charge in [-0.05, 0) is 18.6 Å². The van der Waals surface area contributed by atoms with Gasteiger partial charge in [0, 0.05) is 10.6 Å². The molecule has 0 aromatic heterocycles. The first-order valence-corrected chi connectivity index (χ1v) is 5.08. The van der Waals surface area contributed by atoms with Gasteiger partial charge in [0.25, 0.3) is 0 Å². The van der Waals surface area contributed by atoms with Crippen molar-refractivity contribution in [3.05, 3.63) is 28.5 Å². The minimum atomic E-state index is -0.956. The van der Waals surface area contributed by atoms with Gasteiger partial charge in [-0.2, -0.15) is 0 Å². The van der Waals surface area contributed by atoms with Crippen LogP contribution in [-0.2, 0) is 11.2 Å². The zero-order chi connectivity index (χ0) is 12.3. The molecule has 0 saturated carbocycles. The SMILES string of the molecule is COc1c(F)ccc(Cl)c1CC(C)C(=O)O. The van der Waals surface area contributed by atoms with Crippen LogP contribution in [0.15, 0.2) is 12.1 Å². The Balaban J connectivity index is 3.11. The summed E-state index contributed by atoms with van der Waals surface area (Å²) in [7, 11) is 1.32. The molecule has 0 bridgehead atoms. The maximum atomic E-state index is 13.4. The van der Waals surface area contributed by atoms with E-state index in [0.717, 1.165) is 0 Å². The first-order chi connectivity index (χ1) is 7.47. The molecule has 1 unspecified atom stereocenters. The summed E-state index contributed by atoms with van der Waals surface area (Å²) in [4.78, 5) is 10.7. The topological polar surface area (TPSA) is 46.5 Å².